The molecule has 0 aromatic rings. The second-order valence-corrected chi connectivity index (χ2v) is 11.2. The maximum Gasteiger partial charge on any atom is 0.0887 e. The van der Waals surface area contributed by atoms with Gasteiger partial charge in [0.2, 0.25) is 0 Å². The lowest BCUT2D eigenvalue weighted by molar-refractivity contribution is 0.136. The van der Waals surface area contributed by atoms with Gasteiger partial charge >= 0.3 is 0 Å². The summed E-state index contributed by atoms with van der Waals surface area (Å²) in [6.45, 7) is 26.2. The zero-order valence-electron chi connectivity index (χ0n) is 26.6. The molecule has 1 aliphatic heterocycles. The van der Waals surface area contributed by atoms with Gasteiger partial charge in [-0.15, -0.1) is 0 Å². The molecular weight excluding hydrogens is 476 g/mol. The summed E-state index contributed by atoms with van der Waals surface area (Å²) in [7, 11) is 1.87. The Morgan fingerprint density at radius 2 is 1.69 bits per heavy atom. The molecule has 2 fully saturated rings. The van der Waals surface area contributed by atoms with Crippen LogP contribution in [0.1, 0.15) is 93.9 Å². The number of nitrogens with zero attached hydrogens (tertiary/aromatic N) is 4. The molecule has 216 valence electrons. The molecule has 1 heterocycles. The fraction of sp³-hybridized carbons (Fsp3) is 0.600. The van der Waals surface area contributed by atoms with Crippen LogP contribution in [0.15, 0.2) is 80.6 Å². The molecule has 1 atom stereocenters. The molecule has 0 aromatic heterocycles. The summed E-state index contributed by atoms with van der Waals surface area (Å²) in [4.78, 5) is 15.2. The van der Waals surface area contributed by atoms with Gasteiger partial charge in [-0.25, -0.2) is 0 Å². The fourth-order valence-electron chi connectivity index (χ4n) is 5.24. The van der Waals surface area contributed by atoms with Crippen molar-refractivity contribution in [1.29, 1.82) is 0 Å². The Labute approximate surface area is 240 Å². The topological polar surface area (TPSA) is 31.2 Å². The second-order valence-electron chi connectivity index (χ2n) is 11.2. The molecule has 39 heavy (non-hydrogen) atoms. The number of piperidine rings is 1. The van der Waals surface area contributed by atoms with Gasteiger partial charge in [0.25, 0.3) is 0 Å². The molecule has 4 heteroatoms. The van der Waals surface area contributed by atoms with E-state index in [4.69, 9.17) is 4.99 Å². The average molecular weight is 533 g/mol. The first kappa shape index (κ1) is 32.8. The van der Waals surface area contributed by atoms with Gasteiger partial charge in [-0.05, 0) is 121 Å². The summed E-state index contributed by atoms with van der Waals surface area (Å²) in [6, 6.07) is 0.707. The van der Waals surface area contributed by atoms with E-state index in [0.717, 1.165) is 60.9 Å². The van der Waals surface area contributed by atoms with E-state index in [2.05, 4.69) is 100 Å². The Hall–Kier alpha value is -2.46. The Morgan fingerprint density at radius 1 is 1.05 bits per heavy atom. The first-order chi connectivity index (χ1) is 18.7. The van der Waals surface area contributed by atoms with Crippen LogP contribution in [0.4, 0.5) is 0 Å². The molecule has 2 rings (SSSR count). The minimum atomic E-state index is 0.345. The molecule has 1 unspecified atom stereocenters. The van der Waals surface area contributed by atoms with E-state index >= 15 is 0 Å². The summed E-state index contributed by atoms with van der Waals surface area (Å²) < 4.78 is 0. The first-order valence-electron chi connectivity index (χ1n) is 15.3. The van der Waals surface area contributed by atoms with Crippen LogP contribution in [0.3, 0.4) is 0 Å². The van der Waals surface area contributed by atoms with Crippen LogP contribution in [0.5, 0.6) is 0 Å². The number of allylic oxidation sites excluding steroid dienone is 9. The summed E-state index contributed by atoms with van der Waals surface area (Å²) in [6.07, 6.45) is 18.4. The first-order valence-corrected chi connectivity index (χ1v) is 15.3. The van der Waals surface area contributed by atoms with Gasteiger partial charge in [0.05, 0.1) is 11.4 Å². The largest absolute Gasteiger partial charge is 0.372 e. The number of hydrogen-bond donors (Lipinski definition) is 0. The fourth-order valence-corrected chi connectivity index (χ4v) is 5.24. The van der Waals surface area contributed by atoms with Crippen LogP contribution in [-0.4, -0.2) is 60.5 Å². The molecule has 0 spiro atoms. The highest BCUT2D eigenvalue weighted by molar-refractivity contribution is 6.11. The molecule has 0 bridgehead atoms. The zero-order valence-corrected chi connectivity index (χ0v) is 26.6. The molecule has 1 saturated heterocycles. The van der Waals surface area contributed by atoms with Crippen molar-refractivity contribution in [3.05, 3.63) is 70.6 Å². The highest BCUT2D eigenvalue weighted by atomic mass is 15.2. The van der Waals surface area contributed by atoms with Crippen LogP contribution in [0, 0.1) is 5.92 Å². The number of rotatable bonds is 13. The third-order valence-corrected chi connectivity index (χ3v) is 8.64. The smallest absolute Gasteiger partial charge is 0.0887 e. The van der Waals surface area contributed by atoms with Gasteiger partial charge in [-0.3, -0.25) is 9.98 Å². The van der Waals surface area contributed by atoms with Crippen molar-refractivity contribution < 1.29 is 0 Å². The highest BCUT2D eigenvalue weighted by Gasteiger charge is 2.23. The van der Waals surface area contributed by atoms with Crippen molar-refractivity contribution in [2.45, 2.75) is 100.0 Å². The molecule has 0 radical (unpaired) electrons. The third kappa shape index (κ3) is 9.60. The SMILES string of the molecule is C=C(C)/C(C)=C/C(=NC)C(=C/C(C)=C1CCC1)/N=C(\C=C/C(=C\C)N1CCC(N(CC)CC)CC1)C(C)CC. The second kappa shape index (κ2) is 16.6. The van der Waals surface area contributed by atoms with Gasteiger partial charge < -0.3 is 9.80 Å². The Kier molecular flexibility index (Phi) is 13.9. The number of hydrogen-bond acceptors (Lipinski definition) is 4. The Morgan fingerprint density at radius 3 is 2.15 bits per heavy atom. The van der Waals surface area contributed by atoms with E-state index < -0.39 is 0 Å². The van der Waals surface area contributed by atoms with Gasteiger partial charge in [-0.1, -0.05) is 51.5 Å². The molecule has 2 aliphatic rings. The van der Waals surface area contributed by atoms with Gasteiger partial charge in [0.15, 0.2) is 0 Å². The Bertz CT molecular complexity index is 1030. The summed E-state index contributed by atoms with van der Waals surface area (Å²) in [5, 5.41) is 0. The Balaban J connectivity index is 2.41. The van der Waals surface area contributed by atoms with Crippen molar-refractivity contribution in [3.8, 4) is 0 Å². The van der Waals surface area contributed by atoms with Crippen LogP contribution >= 0.6 is 0 Å². The van der Waals surface area contributed by atoms with Crippen molar-refractivity contribution in [2.75, 3.05) is 33.2 Å². The number of aliphatic imine (C=N–C) groups is 2. The van der Waals surface area contributed by atoms with Gasteiger partial charge in [0.1, 0.15) is 0 Å². The van der Waals surface area contributed by atoms with E-state index in [0.29, 0.717) is 12.0 Å². The van der Waals surface area contributed by atoms with Gasteiger partial charge in [-0.2, -0.15) is 0 Å². The van der Waals surface area contributed by atoms with E-state index in [-0.39, 0.29) is 0 Å². The lowest BCUT2D eigenvalue weighted by Gasteiger charge is -2.39. The van der Waals surface area contributed by atoms with Crippen molar-refractivity contribution in [3.63, 3.8) is 0 Å². The predicted octanol–water partition coefficient (Wildman–Crippen LogP) is 8.72. The van der Waals surface area contributed by atoms with E-state index in [1.807, 2.05) is 14.0 Å². The lowest BCUT2D eigenvalue weighted by atomic mass is 9.88. The molecule has 0 amide bonds. The summed E-state index contributed by atoms with van der Waals surface area (Å²) in [5.74, 6) is 0.345. The maximum atomic E-state index is 5.32. The summed E-state index contributed by atoms with van der Waals surface area (Å²) in [5.41, 5.74) is 9.32. The van der Waals surface area contributed by atoms with E-state index in [1.165, 1.54) is 43.4 Å². The van der Waals surface area contributed by atoms with Crippen LogP contribution in [0.2, 0.25) is 0 Å². The molecule has 1 saturated carbocycles. The van der Waals surface area contributed by atoms with Crippen molar-refractivity contribution >= 4 is 11.4 Å². The monoisotopic (exact) mass is 532 g/mol. The van der Waals surface area contributed by atoms with Crippen LogP contribution in [0.25, 0.3) is 0 Å². The maximum absolute atomic E-state index is 5.32. The quantitative estimate of drug-likeness (QED) is 0.175. The molecular formula is C35H56N4. The van der Waals surface area contributed by atoms with Crippen LogP contribution < -0.4 is 0 Å². The highest BCUT2D eigenvalue weighted by Crippen LogP contribution is 2.30. The molecule has 4 nitrogen and oxygen atoms in total. The standard InChI is InChI=1S/C35H56N4/c1-11-27(7)33(19-18-31(12-2)39-22-20-32(21-23-39)38(13-3)14-4)37-35(25-29(9)30-16-15-17-30)34(36-10)24-28(8)26(5)6/h12,18-19,24-25,27,32H,5,11,13-17,20-23H2,1-4,6-10H3/b19-18-,28-24+,31-12+,35-25-,36-34?,37-33+. The lowest BCUT2D eigenvalue weighted by Crippen LogP contribution is -2.44. The molecule has 0 N–H and O–H groups in total. The average Bonchev–Trinajstić information content (AvgIpc) is 2.90. The molecule has 1 aliphatic carbocycles. The zero-order chi connectivity index (χ0) is 28.9. The van der Waals surface area contributed by atoms with Crippen molar-refractivity contribution in [2.24, 2.45) is 15.9 Å². The predicted molar refractivity (Wildman–Crippen MR) is 174 cm³/mol. The minimum absolute atomic E-state index is 0.345. The molecule has 0 aromatic carbocycles. The minimum Gasteiger partial charge on any atom is -0.372 e. The van der Waals surface area contributed by atoms with Crippen molar-refractivity contribution in [1.82, 2.24) is 9.80 Å². The number of likely N-dealkylation sites (tertiary alicyclic amines) is 1. The van der Waals surface area contributed by atoms with E-state index in [1.54, 1.807) is 5.57 Å². The summed E-state index contributed by atoms with van der Waals surface area (Å²) >= 11 is 0. The normalized spacial score (nSPS) is 19.7. The van der Waals surface area contributed by atoms with Gasteiger partial charge in [0, 0.05) is 37.6 Å². The van der Waals surface area contributed by atoms with E-state index in [9.17, 15) is 0 Å². The third-order valence-electron chi connectivity index (χ3n) is 8.64. The van der Waals surface area contributed by atoms with Crippen LogP contribution in [-0.2, 0) is 0 Å².